The van der Waals surface area contributed by atoms with Crippen LogP contribution < -0.4 is 4.74 Å². The fourth-order valence-electron chi connectivity index (χ4n) is 1.26. The molecule has 0 aliphatic carbocycles. The highest BCUT2D eigenvalue weighted by atomic mass is 16.6. The second-order valence-corrected chi connectivity index (χ2v) is 3.36. The zero-order chi connectivity index (χ0) is 12.8. The van der Waals surface area contributed by atoms with Gasteiger partial charge in [0.05, 0.1) is 11.5 Å². The van der Waals surface area contributed by atoms with Crippen LogP contribution in [0.4, 0.5) is 5.69 Å². The van der Waals surface area contributed by atoms with Gasteiger partial charge < -0.3 is 9.84 Å². The zero-order valence-corrected chi connectivity index (χ0v) is 9.29. The first kappa shape index (κ1) is 12.9. The number of nitro benzene ring substituents is 1. The molecular weight excluding hydrogens is 224 g/mol. The number of hydrogen-bond donors (Lipinski definition) is 1. The second kappa shape index (κ2) is 5.82. The normalized spacial score (nSPS) is 11.6. The Morgan fingerprint density at radius 2 is 2.35 bits per heavy atom. The minimum absolute atomic E-state index is 0.00921. The molecule has 0 heterocycles. The summed E-state index contributed by atoms with van der Waals surface area (Å²) in [5, 5.41) is 28.5. The van der Waals surface area contributed by atoms with Crippen LogP contribution in [0.3, 0.4) is 0 Å². The molecule has 0 amide bonds. The maximum atomic E-state index is 10.8. The highest BCUT2D eigenvalue weighted by molar-refractivity contribution is 5.48. The van der Waals surface area contributed by atoms with Crippen molar-refractivity contribution in [1.29, 1.82) is 5.26 Å². The summed E-state index contributed by atoms with van der Waals surface area (Å²) in [5.41, 5.74) is 0.286. The van der Waals surface area contributed by atoms with E-state index in [2.05, 4.69) is 0 Å². The third kappa shape index (κ3) is 3.16. The minimum atomic E-state index is -0.734. The van der Waals surface area contributed by atoms with Crippen molar-refractivity contribution in [3.05, 3.63) is 33.9 Å². The average Bonchev–Trinajstić information content (AvgIpc) is 2.35. The molecule has 0 fully saturated rings. The lowest BCUT2D eigenvalue weighted by Crippen LogP contribution is -2.13. The largest absolute Gasteiger partial charge is 0.468 e. The molecular formula is C11H12N2O4. The minimum Gasteiger partial charge on any atom is -0.468 e. The van der Waals surface area contributed by atoms with Crippen LogP contribution in [0.1, 0.15) is 18.9 Å². The maximum Gasteiger partial charge on any atom is 0.310 e. The number of aliphatic hydroxyl groups is 1. The van der Waals surface area contributed by atoms with E-state index in [1.807, 2.05) is 6.07 Å². The molecule has 0 spiro atoms. The molecule has 1 N–H and O–H groups in total. The molecule has 1 unspecified atom stereocenters. The molecule has 0 radical (unpaired) electrons. The SMILES string of the molecule is CCC(C#N)Oc1cc(CO)ccc1[N+](=O)[O-]. The van der Waals surface area contributed by atoms with Gasteiger partial charge in [0, 0.05) is 6.07 Å². The first-order chi connectivity index (χ1) is 8.12. The van der Waals surface area contributed by atoms with E-state index >= 15 is 0 Å². The quantitative estimate of drug-likeness (QED) is 0.620. The molecule has 0 aromatic heterocycles. The molecule has 0 aliphatic rings. The van der Waals surface area contributed by atoms with E-state index in [1.165, 1.54) is 18.2 Å². The van der Waals surface area contributed by atoms with Crippen molar-refractivity contribution in [3.63, 3.8) is 0 Å². The summed E-state index contributed by atoms with van der Waals surface area (Å²) in [7, 11) is 0. The highest BCUT2D eigenvalue weighted by Gasteiger charge is 2.18. The highest BCUT2D eigenvalue weighted by Crippen LogP contribution is 2.29. The van der Waals surface area contributed by atoms with E-state index in [0.29, 0.717) is 12.0 Å². The predicted octanol–water partition coefficient (Wildman–Crippen LogP) is 1.77. The number of nitrogens with zero attached hydrogens (tertiary/aromatic N) is 2. The van der Waals surface area contributed by atoms with E-state index in [1.54, 1.807) is 6.92 Å². The fraction of sp³-hybridized carbons (Fsp3) is 0.364. The molecule has 1 rings (SSSR count). The molecule has 0 bridgehead atoms. The second-order valence-electron chi connectivity index (χ2n) is 3.36. The molecule has 90 valence electrons. The molecule has 0 aliphatic heterocycles. The molecule has 0 saturated heterocycles. The van der Waals surface area contributed by atoms with Gasteiger partial charge in [-0.15, -0.1) is 0 Å². The number of rotatable bonds is 5. The van der Waals surface area contributed by atoms with Crippen LogP contribution in [-0.4, -0.2) is 16.1 Å². The van der Waals surface area contributed by atoms with Crippen molar-refractivity contribution in [1.82, 2.24) is 0 Å². The van der Waals surface area contributed by atoms with Crippen molar-refractivity contribution in [2.45, 2.75) is 26.1 Å². The van der Waals surface area contributed by atoms with Crippen molar-refractivity contribution in [2.24, 2.45) is 0 Å². The van der Waals surface area contributed by atoms with Crippen molar-refractivity contribution >= 4 is 5.69 Å². The zero-order valence-electron chi connectivity index (χ0n) is 9.29. The Hall–Kier alpha value is -2.13. The predicted molar refractivity (Wildman–Crippen MR) is 59.3 cm³/mol. The van der Waals surface area contributed by atoms with Crippen LogP contribution in [0.25, 0.3) is 0 Å². The van der Waals surface area contributed by atoms with Crippen LogP contribution in [-0.2, 0) is 6.61 Å². The Morgan fingerprint density at radius 1 is 1.65 bits per heavy atom. The van der Waals surface area contributed by atoms with E-state index in [-0.39, 0.29) is 18.0 Å². The van der Waals surface area contributed by atoms with Gasteiger partial charge in [0.1, 0.15) is 6.07 Å². The summed E-state index contributed by atoms with van der Waals surface area (Å²) < 4.78 is 5.23. The first-order valence-corrected chi connectivity index (χ1v) is 5.06. The van der Waals surface area contributed by atoms with Crippen LogP contribution in [0.5, 0.6) is 5.75 Å². The number of aliphatic hydroxyl groups excluding tert-OH is 1. The molecule has 1 atom stereocenters. The summed E-state index contributed by atoms with van der Waals surface area (Å²) in [6.45, 7) is 1.51. The van der Waals surface area contributed by atoms with Gasteiger partial charge in [-0.05, 0) is 24.1 Å². The Labute approximate surface area is 98.2 Å². The van der Waals surface area contributed by atoms with Gasteiger partial charge in [0.15, 0.2) is 11.9 Å². The van der Waals surface area contributed by atoms with Crippen LogP contribution in [0.2, 0.25) is 0 Å². The molecule has 1 aromatic carbocycles. The van der Waals surface area contributed by atoms with Gasteiger partial charge in [-0.2, -0.15) is 5.26 Å². The lowest BCUT2D eigenvalue weighted by atomic mass is 10.2. The lowest BCUT2D eigenvalue weighted by molar-refractivity contribution is -0.386. The smallest absolute Gasteiger partial charge is 0.310 e. The van der Waals surface area contributed by atoms with E-state index in [0.717, 1.165) is 0 Å². The van der Waals surface area contributed by atoms with Gasteiger partial charge in [-0.1, -0.05) is 6.92 Å². The summed E-state index contributed by atoms with van der Waals surface area (Å²) in [6.07, 6.45) is -0.306. The Kier molecular flexibility index (Phi) is 4.43. The Bertz CT molecular complexity index is 453. The van der Waals surface area contributed by atoms with Crippen molar-refractivity contribution in [2.75, 3.05) is 0 Å². The molecule has 0 saturated carbocycles. The summed E-state index contributed by atoms with van der Waals surface area (Å²) in [5.74, 6) is 0.00921. The fourth-order valence-corrected chi connectivity index (χ4v) is 1.26. The van der Waals surface area contributed by atoms with E-state index in [4.69, 9.17) is 15.1 Å². The molecule has 6 nitrogen and oxygen atoms in total. The van der Waals surface area contributed by atoms with Gasteiger partial charge in [0.2, 0.25) is 0 Å². The molecule has 1 aromatic rings. The summed E-state index contributed by atoms with van der Waals surface area (Å²) in [6, 6.07) is 5.97. The third-order valence-electron chi connectivity index (χ3n) is 2.19. The summed E-state index contributed by atoms with van der Waals surface area (Å²) in [4.78, 5) is 10.2. The number of benzene rings is 1. The number of nitriles is 1. The number of nitro groups is 1. The van der Waals surface area contributed by atoms with Gasteiger partial charge in [0.25, 0.3) is 0 Å². The molecule has 17 heavy (non-hydrogen) atoms. The Morgan fingerprint density at radius 3 is 2.82 bits per heavy atom. The lowest BCUT2D eigenvalue weighted by Gasteiger charge is -2.11. The number of hydrogen-bond acceptors (Lipinski definition) is 5. The monoisotopic (exact) mass is 236 g/mol. The molecule has 6 heteroatoms. The van der Waals surface area contributed by atoms with E-state index < -0.39 is 11.0 Å². The van der Waals surface area contributed by atoms with Crippen molar-refractivity contribution in [3.8, 4) is 11.8 Å². The first-order valence-electron chi connectivity index (χ1n) is 5.06. The summed E-state index contributed by atoms with van der Waals surface area (Å²) >= 11 is 0. The van der Waals surface area contributed by atoms with Gasteiger partial charge in [-0.3, -0.25) is 10.1 Å². The van der Waals surface area contributed by atoms with Crippen molar-refractivity contribution < 1.29 is 14.8 Å². The van der Waals surface area contributed by atoms with Crippen LogP contribution in [0, 0.1) is 21.4 Å². The topological polar surface area (TPSA) is 96.4 Å². The maximum absolute atomic E-state index is 10.8. The Balaban J connectivity index is 3.09. The van der Waals surface area contributed by atoms with Crippen LogP contribution in [0.15, 0.2) is 18.2 Å². The van der Waals surface area contributed by atoms with Gasteiger partial charge >= 0.3 is 5.69 Å². The van der Waals surface area contributed by atoms with Gasteiger partial charge in [-0.25, -0.2) is 0 Å². The average molecular weight is 236 g/mol. The van der Waals surface area contributed by atoms with E-state index in [9.17, 15) is 10.1 Å². The standard InChI is InChI=1S/C11H12N2O4/c1-2-9(6-12)17-11-5-8(7-14)3-4-10(11)13(15)16/h3-5,9,14H,2,7H2,1H3. The third-order valence-corrected chi connectivity index (χ3v) is 2.19. The van der Waals surface area contributed by atoms with Crippen LogP contribution >= 0.6 is 0 Å². The number of ether oxygens (including phenoxy) is 1.